The molecule has 1 aliphatic heterocycles. The largest absolute Gasteiger partial charge is 0.368 e. The van der Waals surface area contributed by atoms with Crippen molar-refractivity contribution < 1.29 is 13.9 Å². The Labute approximate surface area is 240 Å². The lowest BCUT2D eigenvalue weighted by Gasteiger charge is -2.41. The fraction of sp³-hybridized carbons (Fsp3) is 0.483. The standard InChI is InChI=1S/C29H34N6O3S2/c1-19-16-31-26(32-17-19)28-33-24(22-4-2-3-5-23(22)27(36)34-29(18-30)10-11-29)25(39-28)20-6-8-21(9-7-20)35-12-14-40(37,38)15-13-35/h6-9,16-17,22-23,37-38H,2-5,10-15H2,1H3,(H,34,36)/t22-,23-/m1/s1. The Morgan fingerprint density at radius 2 is 1.80 bits per heavy atom. The molecule has 3 aromatic rings. The summed E-state index contributed by atoms with van der Waals surface area (Å²) < 4.78 is 20.0. The third kappa shape index (κ3) is 5.59. The predicted octanol–water partition coefficient (Wildman–Crippen LogP) is 5.59. The molecular weight excluding hydrogens is 544 g/mol. The minimum absolute atomic E-state index is 0.0396. The summed E-state index contributed by atoms with van der Waals surface area (Å²) in [6.45, 7) is 3.19. The maximum Gasteiger partial charge on any atom is 0.225 e. The van der Waals surface area contributed by atoms with Crippen molar-refractivity contribution in [3.05, 3.63) is 47.9 Å². The fourth-order valence-corrected chi connectivity index (χ4v) is 8.01. The van der Waals surface area contributed by atoms with Crippen molar-refractivity contribution in [3.63, 3.8) is 0 Å². The van der Waals surface area contributed by atoms with Gasteiger partial charge in [0.2, 0.25) is 5.91 Å². The van der Waals surface area contributed by atoms with E-state index in [0.717, 1.165) is 58.1 Å². The predicted molar refractivity (Wildman–Crippen MR) is 159 cm³/mol. The first-order valence-electron chi connectivity index (χ1n) is 13.9. The minimum Gasteiger partial charge on any atom is -0.368 e. The summed E-state index contributed by atoms with van der Waals surface area (Å²) in [6, 6.07) is 10.6. The van der Waals surface area contributed by atoms with E-state index in [9.17, 15) is 19.2 Å². The first kappa shape index (κ1) is 27.1. The van der Waals surface area contributed by atoms with E-state index >= 15 is 0 Å². The zero-order chi connectivity index (χ0) is 27.9. The Morgan fingerprint density at radius 1 is 1.12 bits per heavy atom. The number of amides is 1. The van der Waals surface area contributed by atoms with Gasteiger partial charge in [-0.05, 0) is 55.9 Å². The molecule has 2 aliphatic carbocycles. The van der Waals surface area contributed by atoms with Crippen molar-refractivity contribution in [2.45, 2.75) is 56.9 Å². The van der Waals surface area contributed by atoms with Crippen molar-refractivity contribution in [1.82, 2.24) is 20.3 Å². The first-order valence-corrected chi connectivity index (χ1v) is 16.6. The second-order valence-corrected chi connectivity index (χ2v) is 14.7. The summed E-state index contributed by atoms with van der Waals surface area (Å²) in [5.74, 6) is 1.03. The SMILES string of the molecule is Cc1cnc(-c2nc([C@@H]3CCCC[C@H]3C(=O)NC3(C#N)CC3)c(-c3ccc(N4CCS(O)(O)CC4)cc3)s2)nc1. The molecule has 40 heavy (non-hydrogen) atoms. The summed E-state index contributed by atoms with van der Waals surface area (Å²) in [6.07, 6.45) is 8.66. The molecule has 2 saturated carbocycles. The molecule has 6 rings (SSSR count). The third-order valence-electron chi connectivity index (χ3n) is 8.28. The number of benzene rings is 1. The van der Waals surface area contributed by atoms with Crippen LogP contribution in [0.2, 0.25) is 0 Å². The molecule has 0 unspecified atom stereocenters. The van der Waals surface area contributed by atoms with Crippen LogP contribution >= 0.6 is 21.9 Å². The molecular formula is C29H34N6O3S2. The van der Waals surface area contributed by atoms with E-state index in [0.29, 0.717) is 43.3 Å². The van der Waals surface area contributed by atoms with Crippen LogP contribution in [0, 0.1) is 24.2 Å². The van der Waals surface area contributed by atoms with Crippen molar-refractivity contribution >= 4 is 33.5 Å². The molecule has 0 radical (unpaired) electrons. The molecule has 1 saturated heterocycles. The minimum atomic E-state index is -2.45. The smallest absolute Gasteiger partial charge is 0.225 e. The van der Waals surface area contributed by atoms with Crippen LogP contribution < -0.4 is 10.2 Å². The highest BCUT2D eigenvalue weighted by molar-refractivity contribution is 8.24. The topological polar surface area (TPSA) is 135 Å². The second kappa shape index (κ2) is 10.7. The van der Waals surface area contributed by atoms with Crippen LogP contribution in [0.3, 0.4) is 0 Å². The molecule has 1 amide bonds. The molecule has 210 valence electrons. The van der Waals surface area contributed by atoms with Gasteiger partial charge in [0.1, 0.15) is 5.54 Å². The molecule has 3 N–H and O–H groups in total. The Morgan fingerprint density at radius 3 is 2.45 bits per heavy atom. The number of nitriles is 1. The monoisotopic (exact) mass is 578 g/mol. The number of aromatic nitrogens is 3. The van der Waals surface area contributed by atoms with E-state index < -0.39 is 16.1 Å². The quantitative estimate of drug-likeness (QED) is 0.344. The van der Waals surface area contributed by atoms with Crippen LogP contribution in [0.5, 0.6) is 0 Å². The lowest BCUT2D eigenvalue weighted by Crippen LogP contribution is -2.42. The number of aryl methyl sites for hydroxylation is 1. The first-order chi connectivity index (χ1) is 19.3. The summed E-state index contributed by atoms with van der Waals surface area (Å²) in [5.41, 5.74) is 3.27. The Kier molecular flexibility index (Phi) is 7.29. The fourth-order valence-electron chi connectivity index (χ4n) is 5.69. The Hall–Kier alpha value is -3.04. The zero-order valence-electron chi connectivity index (χ0n) is 22.5. The van der Waals surface area contributed by atoms with Gasteiger partial charge < -0.3 is 10.2 Å². The molecule has 9 nitrogen and oxygen atoms in total. The van der Waals surface area contributed by atoms with Crippen molar-refractivity contribution in [2.75, 3.05) is 29.5 Å². The number of nitrogens with zero attached hydrogens (tertiary/aromatic N) is 5. The maximum absolute atomic E-state index is 13.5. The van der Waals surface area contributed by atoms with Gasteiger partial charge >= 0.3 is 0 Å². The number of carbonyl (C=O) groups is 1. The summed E-state index contributed by atoms with van der Waals surface area (Å²) in [5, 5.41) is 13.3. The Bertz CT molecular complexity index is 1420. The highest BCUT2D eigenvalue weighted by Gasteiger charge is 2.47. The molecule has 0 bridgehead atoms. The van der Waals surface area contributed by atoms with Crippen molar-refractivity contribution in [1.29, 1.82) is 5.26 Å². The van der Waals surface area contributed by atoms with E-state index in [1.807, 2.05) is 6.92 Å². The molecule has 3 heterocycles. The maximum atomic E-state index is 13.5. The average Bonchev–Trinajstić information content (AvgIpc) is 3.60. The molecule has 2 atom stereocenters. The lowest BCUT2D eigenvalue weighted by molar-refractivity contribution is -0.127. The number of nitrogens with one attached hydrogen (secondary N) is 1. The van der Waals surface area contributed by atoms with Crippen LogP contribution in [0.15, 0.2) is 36.7 Å². The van der Waals surface area contributed by atoms with E-state index in [4.69, 9.17) is 4.98 Å². The number of anilines is 1. The van der Waals surface area contributed by atoms with Gasteiger partial charge in [0.25, 0.3) is 0 Å². The average molecular weight is 579 g/mol. The van der Waals surface area contributed by atoms with E-state index in [1.54, 1.807) is 23.7 Å². The number of rotatable bonds is 6. The molecule has 11 heteroatoms. The number of thiazole rings is 1. The highest BCUT2D eigenvalue weighted by Crippen LogP contribution is 2.47. The van der Waals surface area contributed by atoms with Crippen LogP contribution in [0.25, 0.3) is 21.3 Å². The zero-order valence-corrected chi connectivity index (χ0v) is 24.2. The van der Waals surface area contributed by atoms with Crippen LogP contribution in [0.4, 0.5) is 5.69 Å². The van der Waals surface area contributed by atoms with Gasteiger partial charge in [-0.2, -0.15) is 15.9 Å². The lowest BCUT2D eigenvalue weighted by atomic mass is 9.76. The van der Waals surface area contributed by atoms with Gasteiger partial charge in [-0.1, -0.05) is 25.0 Å². The number of hydrogen-bond donors (Lipinski definition) is 3. The highest BCUT2D eigenvalue weighted by atomic mass is 32.3. The van der Waals surface area contributed by atoms with E-state index in [-0.39, 0.29) is 17.7 Å². The van der Waals surface area contributed by atoms with Gasteiger partial charge in [-0.25, -0.2) is 15.0 Å². The molecule has 3 aliphatic rings. The number of carbonyl (C=O) groups excluding carboxylic acids is 1. The van der Waals surface area contributed by atoms with Gasteiger partial charge in [0.05, 0.1) is 28.1 Å². The van der Waals surface area contributed by atoms with E-state index in [1.165, 1.54) is 0 Å². The normalized spacial score (nSPS) is 24.1. The van der Waals surface area contributed by atoms with Crippen LogP contribution in [-0.4, -0.2) is 60.1 Å². The van der Waals surface area contributed by atoms with E-state index in [2.05, 4.69) is 50.5 Å². The summed E-state index contributed by atoms with van der Waals surface area (Å²) >= 11 is 1.55. The molecule has 1 aromatic carbocycles. The second-order valence-electron chi connectivity index (χ2n) is 11.2. The molecule has 0 spiro atoms. The summed E-state index contributed by atoms with van der Waals surface area (Å²) in [7, 11) is -2.45. The van der Waals surface area contributed by atoms with Gasteiger partial charge in [-0.3, -0.25) is 13.9 Å². The Balaban J connectivity index is 1.34. The molecule has 3 fully saturated rings. The summed E-state index contributed by atoms with van der Waals surface area (Å²) in [4.78, 5) is 30.8. The van der Waals surface area contributed by atoms with Gasteiger partial charge in [-0.15, -0.1) is 11.3 Å². The molecule has 2 aromatic heterocycles. The van der Waals surface area contributed by atoms with Crippen molar-refractivity contribution in [3.8, 4) is 27.3 Å². The van der Waals surface area contributed by atoms with Crippen LogP contribution in [-0.2, 0) is 4.79 Å². The van der Waals surface area contributed by atoms with Crippen LogP contribution in [0.1, 0.15) is 55.7 Å². The van der Waals surface area contributed by atoms with Crippen molar-refractivity contribution in [2.24, 2.45) is 5.92 Å². The van der Waals surface area contributed by atoms with Gasteiger partial charge in [0.15, 0.2) is 10.8 Å². The number of hydrogen-bond acceptors (Lipinski definition) is 9. The third-order valence-corrected chi connectivity index (χ3v) is 11.1. The van der Waals surface area contributed by atoms with Gasteiger partial charge in [0, 0.05) is 43.0 Å².